The van der Waals surface area contributed by atoms with Crippen LogP contribution in [0, 0.1) is 6.92 Å². The molecule has 128 valence electrons. The van der Waals surface area contributed by atoms with Crippen LogP contribution >= 0.6 is 0 Å². The molecule has 2 rings (SSSR count). The van der Waals surface area contributed by atoms with E-state index in [0.29, 0.717) is 31.0 Å². The molecule has 0 radical (unpaired) electrons. The third-order valence-electron chi connectivity index (χ3n) is 4.13. The van der Waals surface area contributed by atoms with E-state index in [1.54, 1.807) is 14.2 Å². The Balaban J connectivity index is 2.15. The van der Waals surface area contributed by atoms with Gasteiger partial charge < -0.3 is 14.4 Å². The average molecular weight is 327 g/mol. The highest BCUT2D eigenvalue weighted by molar-refractivity contribution is 5.79. The van der Waals surface area contributed by atoms with Gasteiger partial charge in [-0.2, -0.15) is 0 Å². The number of amides is 1. The number of benzene rings is 2. The molecule has 0 fully saturated rings. The van der Waals surface area contributed by atoms with E-state index in [0.717, 1.165) is 16.7 Å². The number of likely N-dealkylation sites (N-methyl/N-ethyl adjacent to an activating group) is 1. The van der Waals surface area contributed by atoms with Crippen LogP contribution in [0.4, 0.5) is 0 Å². The van der Waals surface area contributed by atoms with E-state index in [1.165, 1.54) is 0 Å². The fraction of sp³-hybridized carbons (Fsp3) is 0.350. The van der Waals surface area contributed by atoms with Gasteiger partial charge in [-0.3, -0.25) is 4.79 Å². The number of ether oxygens (including phenoxy) is 2. The van der Waals surface area contributed by atoms with Crippen molar-refractivity contribution in [3.63, 3.8) is 0 Å². The maximum absolute atomic E-state index is 12.7. The van der Waals surface area contributed by atoms with E-state index < -0.39 is 0 Å². The second kappa shape index (κ2) is 8.39. The maximum Gasteiger partial charge on any atom is 0.227 e. The molecule has 0 aliphatic rings. The monoisotopic (exact) mass is 327 g/mol. The fourth-order valence-electron chi connectivity index (χ4n) is 2.67. The molecule has 1 amide bonds. The first-order chi connectivity index (χ1) is 11.6. The molecule has 0 N–H and O–H groups in total. The molecule has 4 nitrogen and oxygen atoms in total. The summed E-state index contributed by atoms with van der Waals surface area (Å²) in [6.07, 6.45) is 0.354. The molecular formula is C20H25NO3. The molecule has 0 aliphatic carbocycles. The number of nitrogens with zero attached hydrogens (tertiary/aromatic N) is 1. The Kier molecular flexibility index (Phi) is 6.24. The zero-order chi connectivity index (χ0) is 17.5. The first-order valence-corrected chi connectivity index (χ1v) is 8.12. The Morgan fingerprint density at radius 3 is 2.25 bits per heavy atom. The number of hydrogen-bond donors (Lipinski definition) is 0. The number of carbonyl (C=O) groups excluding carboxylic acids is 1. The van der Waals surface area contributed by atoms with Gasteiger partial charge in [0, 0.05) is 13.1 Å². The lowest BCUT2D eigenvalue weighted by molar-refractivity contribution is -0.130. The summed E-state index contributed by atoms with van der Waals surface area (Å²) < 4.78 is 10.7. The van der Waals surface area contributed by atoms with Crippen LogP contribution in [0.25, 0.3) is 0 Å². The Hall–Kier alpha value is -2.49. The zero-order valence-corrected chi connectivity index (χ0v) is 14.8. The summed E-state index contributed by atoms with van der Waals surface area (Å²) in [7, 11) is 3.22. The minimum atomic E-state index is 0.108. The van der Waals surface area contributed by atoms with E-state index in [4.69, 9.17) is 9.47 Å². The smallest absolute Gasteiger partial charge is 0.227 e. The molecule has 0 heterocycles. The number of aryl methyl sites for hydroxylation is 1. The van der Waals surface area contributed by atoms with Crippen molar-refractivity contribution in [3.05, 3.63) is 59.2 Å². The van der Waals surface area contributed by atoms with Crippen molar-refractivity contribution in [2.45, 2.75) is 26.8 Å². The van der Waals surface area contributed by atoms with Crippen LogP contribution in [0.1, 0.15) is 23.6 Å². The molecule has 0 bridgehead atoms. The van der Waals surface area contributed by atoms with Crippen molar-refractivity contribution in [3.8, 4) is 11.5 Å². The van der Waals surface area contributed by atoms with Gasteiger partial charge in [-0.1, -0.05) is 30.3 Å². The second-order valence-electron chi connectivity index (χ2n) is 5.70. The molecule has 4 heteroatoms. The highest BCUT2D eigenvalue weighted by Crippen LogP contribution is 2.30. The molecule has 0 saturated carbocycles. The lowest BCUT2D eigenvalue weighted by atomic mass is 10.0. The number of hydrogen-bond acceptors (Lipinski definition) is 3. The van der Waals surface area contributed by atoms with E-state index >= 15 is 0 Å². The summed E-state index contributed by atoms with van der Waals surface area (Å²) >= 11 is 0. The van der Waals surface area contributed by atoms with Crippen LogP contribution < -0.4 is 9.47 Å². The van der Waals surface area contributed by atoms with Crippen molar-refractivity contribution in [1.82, 2.24) is 4.90 Å². The summed E-state index contributed by atoms with van der Waals surface area (Å²) in [4.78, 5) is 14.6. The predicted octanol–water partition coefficient (Wildman–Crippen LogP) is 3.60. The standard InChI is InChI=1S/C20H25NO3/c1-5-21(14-16-9-7-6-8-10-16)20(22)13-17-12-19(24-4)18(23-3)11-15(17)2/h6-12H,5,13-14H2,1-4H3. The Labute approximate surface area is 144 Å². The van der Waals surface area contributed by atoms with Gasteiger partial charge in [0.1, 0.15) is 0 Å². The predicted molar refractivity (Wildman–Crippen MR) is 95.5 cm³/mol. The molecule has 0 aromatic heterocycles. The Bertz CT molecular complexity index is 683. The van der Waals surface area contributed by atoms with E-state index in [1.807, 2.05) is 61.2 Å². The van der Waals surface area contributed by atoms with Crippen LogP contribution in [0.3, 0.4) is 0 Å². The van der Waals surface area contributed by atoms with Gasteiger partial charge in [-0.05, 0) is 42.7 Å². The largest absolute Gasteiger partial charge is 0.493 e. The third kappa shape index (κ3) is 4.28. The van der Waals surface area contributed by atoms with Crippen LogP contribution in [0.5, 0.6) is 11.5 Å². The maximum atomic E-state index is 12.7. The summed E-state index contributed by atoms with van der Waals surface area (Å²) in [6, 6.07) is 13.8. The topological polar surface area (TPSA) is 38.8 Å². The summed E-state index contributed by atoms with van der Waals surface area (Å²) in [5, 5.41) is 0. The minimum Gasteiger partial charge on any atom is -0.493 e. The Morgan fingerprint density at radius 2 is 1.67 bits per heavy atom. The van der Waals surface area contributed by atoms with Crippen LogP contribution in [0.15, 0.2) is 42.5 Å². The van der Waals surface area contributed by atoms with Gasteiger partial charge in [0.25, 0.3) is 0 Å². The van der Waals surface area contributed by atoms with Crippen molar-refractivity contribution >= 4 is 5.91 Å². The van der Waals surface area contributed by atoms with Gasteiger partial charge in [-0.15, -0.1) is 0 Å². The first kappa shape index (κ1) is 17.9. The van der Waals surface area contributed by atoms with Crippen LogP contribution in [-0.4, -0.2) is 31.6 Å². The van der Waals surface area contributed by atoms with Gasteiger partial charge in [0.15, 0.2) is 11.5 Å². The molecule has 2 aromatic carbocycles. The van der Waals surface area contributed by atoms with Crippen LogP contribution in [0.2, 0.25) is 0 Å². The highest BCUT2D eigenvalue weighted by atomic mass is 16.5. The van der Waals surface area contributed by atoms with Gasteiger partial charge in [-0.25, -0.2) is 0 Å². The molecule has 2 aromatic rings. The number of methoxy groups -OCH3 is 2. The highest BCUT2D eigenvalue weighted by Gasteiger charge is 2.16. The van der Waals surface area contributed by atoms with Gasteiger partial charge in [0.2, 0.25) is 5.91 Å². The van der Waals surface area contributed by atoms with E-state index in [2.05, 4.69) is 0 Å². The fourth-order valence-corrected chi connectivity index (χ4v) is 2.67. The number of carbonyl (C=O) groups is 1. The minimum absolute atomic E-state index is 0.108. The molecule has 24 heavy (non-hydrogen) atoms. The van der Waals surface area contributed by atoms with Gasteiger partial charge in [0.05, 0.1) is 20.6 Å². The zero-order valence-electron chi connectivity index (χ0n) is 14.8. The number of rotatable bonds is 7. The molecule has 0 spiro atoms. The van der Waals surface area contributed by atoms with Crippen molar-refractivity contribution < 1.29 is 14.3 Å². The van der Waals surface area contributed by atoms with Crippen molar-refractivity contribution in [2.75, 3.05) is 20.8 Å². The third-order valence-corrected chi connectivity index (χ3v) is 4.13. The normalized spacial score (nSPS) is 10.3. The lowest BCUT2D eigenvalue weighted by Gasteiger charge is -2.22. The molecule has 0 unspecified atom stereocenters. The second-order valence-corrected chi connectivity index (χ2v) is 5.70. The summed E-state index contributed by atoms with van der Waals surface area (Å²) in [5.74, 6) is 1.44. The van der Waals surface area contributed by atoms with Gasteiger partial charge >= 0.3 is 0 Å². The Morgan fingerprint density at radius 1 is 1.04 bits per heavy atom. The molecule has 0 saturated heterocycles. The average Bonchev–Trinajstić information content (AvgIpc) is 2.61. The van der Waals surface area contributed by atoms with Crippen LogP contribution in [-0.2, 0) is 17.8 Å². The van der Waals surface area contributed by atoms with Crippen molar-refractivity contribution in [2.24, 2.45) is 0 Å². The molecular weight excluding hydrogens is 302 g/mol. The van der Waals surface area contributed by atoms with Crippen molar-refractivity contribution in [1.29, 1.82) is 0 Å². The first-order valence-electron chi connectivity index (χ1n) is 8.12. The SMILES string of the molecule is CCN(Cc1ccccc1)C(=O)Cc1cc(OC)c(OC)cc1C. The summed E-state index contributed by atoms with van der Waals surface area (Å²) in [6.45, 7) is 5.29. The lowest BCUT2D eigenvalue weighted by Crippen LogP contribution is -2.31. The van der Waals surface area contributed by atoms with E-state index in [-0.39, 0.29) is 5.91 Å². The quantitative estimate of drug-likeness (QED) is 0.780. The molecule has 0 aliphatic heterocycles. The van der Waals surface area contributed by atoms with E-state index in [9.17, 15) is 4.79 Å². The molecule has 0 atom stereocenters. The summed E-state index contributed by atoms with van der Waals surface area (Å²) in [5.41, 5.74) is 3.12.